The number of ether oxygens (including phenoxy) is 2. The van der Waals surface area contributed by atoms with Crippen LogP contribution in [-0.2, 0) is 28.0 Å². The highest BCUT2D eigenvalue weighted by molar-refractivity contribution is 5.94. The first-order valence-electron chi connectivity index (χ1n) is 11.1. The molecular formula is C26H26N4O4. The topological polar surface area (TPSA) is 105 Å². The van der Waals surface area contributed by atoms with E-state index >= 15 is 0 Å². The third kappa shape index (κ3) is 5.03. The summed E-state index contributed by atoms with van der Waals surface area (Å²) in [4.78, 5) is 30.4. The Morgan fingerprint density at radius 3 is 3.00 bits per heavy atom. The number of nitrogens with zero attached hydrogens (tertiary/aromatic N) is 3. The van der Waals surface area contributed by atoms with Gasteiger partial charge in [-0.3, -0.25) is 9.78 Å². The number of rotatable bonds is 3. The van der Waals surface area contributed by atoms with Crippen LogP contribution in [-0.4, -0.2) is 48.7 Å². The molecule has 0 bridgehead atoms. The van der Waals surface area contributed by atoms with Crippen molar-refractivity contribution in [3.05, 3.63) is 64.5 Å². The van der Waals surface area contributed by atoms with Crippen LogP contribution in [0.3, 0.4) is 0 Å². The number of amides is 2. The van der Waals surface area contributed by atoms with Crippen LogP contribution in [0.5, 0.6) is 0 Å². The number of methoxy groups -OCH3 is 1. The molecule has 8 nitrogen and oxygen atoms in total. The Labute approximate surface area is 198 Å². The summed E-state index contributed by atoms with van der Waals surface area (Å²) in [6.07, 6.45) is 2.15. The van der Waals surface area contributed by atoms with Crippen molar-refractivity contribution < 1.29 is 19.1 Å². The smallest absolute Gasteiger partial charge is 0.409 e. The van der Waals surface area contributed by atoms with Gasteiger partial charge in [0, 0.05) is 36.3 Å². The highest BCUT2D eigenvalue weighted by Crippen LogP contribution is 2.32. The fourth-order valence-corrected chi connectivity index (χ4v) is 4.18. The van der Waals surface area contributed by atoms with Gasteiger partial charge in [0.1, 0.15) is 5.41 Å². The van der Waals surface area contributed by atoms with E-state index in [1.54, 1.807) is 23.2 Å². The molecule has 8 heteroatoms. The normalized spacial score (nSPS) is 21.0. The molecule has 174 valence electrons. The Hall–Kier alpha value is -3.88. The van der Waals surface area contributed by atoms with E-state index in [2.05, 4.69) is 28.2 Å². The molecule has 2 aromatic rings. The van der Waals surface area contributed by atoms with E-state index in [0.717, 1.165) is 23.1 Å². The summed E-state index contributed by atoms with van der Waals surface area (Å²) in [5.74, 6) is 6.23. The predicted molar refractivity (Wildman–Crippen MR) is 123 cm³/mol. The van der Waals surface area contributed by atoms with Gasteiger partial charge < -0.3 is 19.7 Å². The van der Waals surface area contributed by atoms with Crippen molar-refractivity contribution >= 4 is 12.0 Å². The zero-order chi connectivity index (χ0) is 24.1. The summed E-state index contributed by atoms with van der Waals surface area (Å²) in [6, 6.07) is 11.3. The third-order valence-corrected chi connectivity index (χ3v) is 6.15. The Kier molecular flexibility index (Phi) is 6.81. The molecule has 1 saturated heterocycles. The molecule has 4 rings (SSSR count). The quantitative estimate of drug-likeness (QED) is 0.710. The number of hydrogen-bond donors (Lipinski definition) is 1. The SMILES string of the molecule is COC(=O)N1CCC(C#Cc2ccnc(CNC(=O)c3ccc4c(c3)[C@](C)(C#N)COC4)c2)C1. The van der Waals surface area contributed by atoms with Gasteiger partial charge >= 0.3 is 6.09 Å². The van der Waals surface area contributed by atoms with E-state index in [-0.39, 0.29) is 24.5 Å². The van der Waals surface area contributed by atoms with Crippen LogP contribution < -0.4 is 5.32 Å². The van der Waals surface area contributed by atoms with Crippen molar-refractivity contribution in [2.75, 3.05) is 26.8 Å². The molecular weight excluding hydrogens is 432 g/mol. The molecule has 0 aliphatic carbocycles. The summed E-state index contributed by atoms with van der Waals surface area (Å²) in [5.41, 5.74) is 2.98. The predicted octanol–water partition coefficient (Wildman–Crippen LogP) is 2.76. The molecule has 2 amide bonds. The number of nitrogens with one attached hydrogen (secondary N) is 1. The number of carbonyl (C=O) groups is 2. The fourth-order valence-electron chi connectivity index (χ4n) is 4.18. The third-order valence-electron chi connectivity index (χ3n) is 6.15. The average molecular weight is 459 g/mol. The number of benzene rings is 1. The number of likely N-dealkylation sites (tertiary alicyclic amines) is 1. The van der Waals surface area contributed by atoms with Gasteiger partial charge in [-0.1, -0.05) is 17.9 Å². The van der Waals surface area contributed by atoms with Crippen LogP contribution in [0.1, 0.15) is 46.1 Å². The number of fused-ring (bicyclic) bond motifs is 1. The minimum atomic E-state index is -0.772. The van der Waals surface area contributed by atoms with Crippen molar-refractivity contribution in [1.82, 2.24) is 15.2 Å². The Balaban J connectivity index is 1.39. The molecule has 1 fully saturated rings. The van der Waals surface area contributed by atoms with Crippen molar-refractivity contribution in [3.63, 3.8) is 0 Å². The van der Waals surface area contributed by atoms with Crippen molar-refractivity contribution in [2.45, 2.75) is 31.9 Å². The molecule has 0 saturated carbocycles. The minimum absolute atomic E-state index is 0.101. The lowest BCUT2D eigenvalue weighted by molar-refractivity contribution is 0.0757. The first-order chi connectivity index (χ1) is 16.4. The monoisotopic (exact) mass is 458 g/mol. The van der Waals surface area contributed by atoms with Crippen LogP contribution in [0.4, 0.5) is 4.79 Å². The minimum Gasteiger partial charge on any atom is -0.453 e. The fraction of sp³-hybridized carbons (Fsp3) is 0.385. The number of aromatic nitrogens is 1. The van der Waals surface area contributed by atoms with Crippen LogP contribution in [0.2, 0.25) is 0 Å². The highest BCUT2D eigenvalue weighted by Gasteiger charge is 2.33. The van der Waals surface area contributed by atoms with E-state index in [1.807, 2.05) is 25.1 Å². The number of hydrogen-bond acceptors (Lipinski definition) is 6. The maximum absolute atomic E-state index is 12.8. The summed E-state index contributed by atoms with van der Waals surface area (Å²) in [6.45, 7) is 4.02. The van der Waals surface area contributed by atoms with Gasteiger partial charge in [0.2, 0.25) is 0 Å². The Bertz CT molecular complexity index is 1210. The lowest BCUT2D eigenvalue weighted by atomic mass is 9.79. The second-order valence-corrected chi connectivity index (χ2v) is 8.70. The molecule has 2 aliphatic rings. The number of nitriles is 1. The second-order valence-electron chi connectivity index (χ2n) is 8.70. The summed E-state index contributed by atoms with van der Waals surface area (Å²) < 4.78 is 10.3. The zero-order valence-corrected chi connectivity index (χ0v) is 19.3. The molecule has 34 heavy (non-hydrogen) atoms. The van der Waals surface area contributed by atoms with E-state index in [1.165, 1.54) is 7.11 Å². The van der Waals surface area contributed by atoms with Crippen molar-refractivity contribution in [3.8, 4) is 17.9 Å². The standard InChI is InChI=1S/C26H26N4O4/c1-26(16-27)17-34-15-21-6-5-20(12-23(21)26)24(31)29-13-22-11-18(7-9-28-22)3-4-19-8-10-30(14-19)25(32)33-2/h5-7,9,11-12,19H,8,10,13-15,17H2,1-2H3,(H,29,31)/t19?,26-/m1/s1. The van der Waals surface area contributed by atoms with Crippen LogP contribution >= 0.6 is 0 Å². The lowest BCUT2D eigenvalue weighted by Crippen LogP contribution is -2.33. The van der Waals surface area contributed by atoms with Gasteiger partial charge in [0.05, 0.1) is 38.6 Å². The van der Waals surface area contributed by atoms with Gasteiger partial charge in [-0.25, -0.2) is 4.79 Å². The van der Waals surface area contributed by atoms with Gasteiger partial charge in [-0.05, 0) is 48.7 Å². The molecule has 2 atom stereocenters. The van der Waals surface area contributed by atoms with E-state index in [9.17, 15) is 14.9 Å². The maximum Gasteiger partial charge on any atom is 0.409 e. The maximum atomic E-state index is 12.8. The Morgan fingerprint density at radius 1 is 1.35 bits per heavy atom. The molecule has 3 heterocycles. The molecule has 1 unspecified atom stereocenters. The summed E-state index contributed by atoms with van der Waals surface area (Å²) >= 11 is 0. The van der Waals surface area contributed by atoms with Gasteiger partial charge in [-0.15, -0.1) is 0 Å². The molecule has 1 aromatic heterocycles. The lowest BCUT2D eigenvalue weighted by Gasteiger charge is -2.30. The summed E-state index contributed by atoms with van der Waals surface area (Å²) in [5, 5.41) is 12.5. The van der Waals surface area contributed by atoms with Crippen LogP contribution in [0, 0.1) is 29.1 Å². The molecule has 1 aromatic carbocycles. The molecule has 2 aliphatic heterocycles. The molecule has 0 radical (unpaired) electrons. The van der Waals surface area contributed by atoms with E-state index < -0.39 is 5.41 Å². The number of pyridine rings is 1. The van der Waals surface area contributed by atoms with Crippen molar-refractivity contribution in [2.24, 2.45) is 5.92 Å². The van der Waals surface area contributed by atoms with E-state index in [0.29, 0.717) is 37.6 Å². The summed E-state index contributed by atoms with van der Waals surface area (Å²) in [7, 11) is 1.38. The van der Waals surface area contributed by atoms with Crippen molar-refractivity contribution in [1.29, 1.82) is 5.26 Å². The van der Waals surface area contributed by atoms with Crippen LogP contribution in [0.15, 0.2) is 36.5 Å². The Morgan fingerprint density at radius 2 is 2.21 bits per heavy atom. The van der Waals surface area contributed by atoms with Gasteiger partial charge in [0.15, 0.2) is 0 Å². The average Bonchev–Trinajstić information content (AvgIpc) is 3.35. The van der Waals surface area contributed by atoms with Crippen LogP contribution in [0.25, 0.3) is 0 Å². The van der Waals surface area contributed by atoms with Gasteiger partial charge in [0.25, 0.3) is 5.91 Å². The first kappa shape index (κ1) is 23.3. The molecule has 0 spiro atoms. The van der Waals surface area contributed by atoms with E-state index in [4.69, 9.17) is 9.47 Å². The van der Waals surface area contributed by atoms with Gasteiger partial charge in [-0.2, -0.15) is 5.26 Å². The second kappa shape index (κ2) is 9.94. The number of carbonyl (C=O) groups excluding carboxylic acids is 2. The largest absolute Gasteiger partial charge is 0.453 e. The first-order valence-corrected chi connectivity index (χ1v) is 11.1. The highest BCUT2D eigenvalue weighted by atomic mass is 16.5. The molecule has 1 N–H and O–H groups in total. The zero-order valence-electron chi connectivity index (χ0n) is 19.3.